The summed E-state index contributed by atoms with van der Waals surface area (Å²) >= 11 is 0. The zero-order chi connectivity index (χ0) is 20.8. The average Bonchev–Trinajstić information content (AvgIpc) is 2.73. The fourth-order valence-electron chi connectivity index (χ4n) is 3.55. The molecule has 0 bridgehead atoms. The van der Waals surface area contributed by atoms with Crippen LogP contribution in [0.3, 0.4) is 0 Å². The highest BCUT2D eigenvalue weighted by Crippen LogP contribution is 2.26. The Hall–Kier alpha value is -2.26. The molecule has 1 aromatic heterocycles. The van der Waals surface area contributed by atoms with Crippen molar-refractivity contribution in [1.29, 1.82) is 0 Å². The van der Waals surface area contributed by atoms with Crippen molar-refractivity contribution < 1.29 is 24.4 Å². The number of β-amino-alcohol motifs (C(OH)–C–C–N with tert-alkyl or cyclic N) is 1. The van der Waals surface area contributed by atoms with Gasteiger partial charge >= 0.3 is 0 Å². The van der Waals surface area contributed by atoms with Gasteiger partial charge in [-0.05, 0) is 31.2 Å². The summed E-state index contributed by atoms with van der Waals surface area (Å²) < 4.78 is 18.8. The molecule has 8 heteroatoms. The molecule has 158 valence electrons. The van der Waals surface area contributed by atoms with Crippen LogP contribution in [0.2, 0.25) is 0 Å². The molecule has 0 radical (unpaired) electrons. The molecule has 1 saturated heterocycles. The van der Waals surface area contributed by atoms with E-state index < -0.39 is 6.10 Å². The van der Waals surface area contributed by atoms with Crippen molar-refractivity contribution in [2.24, 2.45) is 0 Å². The van der Waals surface area contributed by atoms with E-state index in [1.54, 1.807) is 19.1 Å². The first kappa shape index (κ1) is 21.4. The lowest BCUT2D eigenvalue weighted by Crippen LogP contribution is -2.49. The SMILES string of the molecule is Cc1ncc(CO)c(CO)c1OCC(O)CN1CCN(c2ccc(F)cc2)CC1. The summed E-state index contributed by atoms with van der Waals surface area (Å²) in [5.41, 5.74) is 2.61. The first-order chi connectivity index (χ1) is 14.0. The molecule has 0 spiro atoms. The zero-order valence-electron chi connectivity index (χ0n) is 16.6. The third-order valence-corrected chi connectivity index (χ3v) is 5.19. The largest absolute Gasteiger partial charge is 0.489 e. The molecule has 1 aliphatic heterocycles. The Morgan fingerprint density at radius 3 is 2.41 bits per heavy atom. The van der Waals surface area contributed by atoms with E-state index in [4.69, 9.17) is 4.74 Å². The molecule has 2 heterocycles. The second-order valence-electron chi connectivity index (χ2n) is 7.22. The molecule has 3 N–H and O–H groups in total. The monoisotopic (exact) mass is 405 g/mol. The second kappa shape index (κ2) is 9.98. The molecule has 1 aliphatic rings. The van der Waals surface area contributed by atoms with Gasteiger partial charge in [-0.25, -0.2) is 4.39 Å². The number of rotatable bonds is 8. The quantitative estimate of drug-likeness (QED) is 0.606. The summed E-state index contributed by atoms with van der Waals surface area (Å²) in [4.78, 5) is 8.54. The molecule has 1 unspecified atom stereocenters. The third kappa shape index (κ3) is 5.42. The molecule has 7 nitrogen and oxygen atoms in total. The van der Waals surface area contributed by atoms with Gasteiger partial charge in [0.15, 0.2) is 0 Å². The fraction of sp³-hybridized carbons (Fsp3) is 0.476. The maximum atomic E-state index is 13.1. The van der Waals surface area contributed by atoms with Crippen molar-refractivity contribution in [2.75, 3.05) is 44.2 Å². The number of nitrogens with zero attached hydrogens (tertiary/aromatic N) is 3. The number of aryl methyl sites for hydroxylation is 1. The van der Waals surface area contributed by atoms with Crippen LogP contribution in [-0.2, 0) is 13.2 Å². The number of pyridine rings is 1. The van der Waals surface area contributed by atoms with E-state index in [9.17, 15) is 19.7 Å². The number of halogens is 1. The maximum absolute atomic E-state index is 13.1. The van der Waals surface area contributed by atoms with Crippen LogP contribution in [0.5, 0.6) is 5.75 Å². The molecular weight excluding hydrogens is 377 g/mol. The first-order valence-corrected chi connectivity index (χ1v) is 9.74. The molecule has 2 aromatic rings. The smallest absolute Gasteiger partial charge is 0.146 e. The highest BCUT2D eigenvalue weighted by Gasteiger charge is 2.21. The number of ether oxygens (including phenoxy) is 1. The van der Waals surface area contributed by atoms with Gasteiger partial charge in [-0.1, -0.05) is 0 Å². The third-order valence-electron chi connectivity index (χ3n) is 5.19. The molecule has 1 atom stereocenters. The summed E-state index contributed by atoms with van der Waals surface area (Å²) in [7, 11) is 0. The summed E-state index contributed by atoms with van der Waals surface area (Å²) in [6.45, 7) is 4.98. The number of hydrogen-bond donors (Lipinski definition) is 3. The maximum Gasteiger partial charge on any atom is 0.146 e. The molecule has 0 amide bonds. The summed E-state index contributed by atoms with van der Waals surface area (Å²) in [5.74, 6) is 0.175. The summed E-state index contributed by atoms with van der Waals surface area (Å²) in [6.07, 6.45) is 0.821. The van der Waals surface area contributed by atoms with Crippen molar-refractivity contribution in [1.82, 2.24) is 9.88 Å². The van der Waals surface area contributed by atoms with Gasteiger partial charge < -0.3 is 25.0 Å². The standard InChI is InChI=1S/C21H28FN3O4/c1-15-21(20(13-27)16(12-26)10-23-15)29-14-19(28)11-24-6-8-25(9-7-24)18-4-2-17(22)3-5-18/h2-5,10,19,26-28H,6-9,11-14H2,1H3. The van der Waals surface area contributed by atoms with E-state index in [0.29, 0.717) is 29.1 Å². The Morgan fingerprint density at radius 1 is 1.10 bits per heavy atom. The Labute approximate surface area is 170 Å². The van der Waals surface area contributed by atoms with Gasteiger partial charge in [0.25, 0.3) is 0 Å². The van der Waals surface area contributed by atoms with Crippen LogP contribution in [0.1, 0.15) is 16.8 Å². The van der Waals surface area contributed by atoms with Crippen molar-refractivity contribution in [3.8, 4) is 5.75 Å². The Morgan fingerprint density at radius 2 is 1.79 bits per heavy atom. The molecule has 1 fully saturated rings. The summed E-state index contributed by atoms with van der Waals surface area (Å²) in [5, 5.41) is 29.4. The number of aliphatic hydroxyl groups is 3. The second-order valence-corrected chi connectivity index (χ2v) is 7.22. The lowest BCUT2D eigenvalue weighted by atomic mass is 10.1. The van der Waals surface area contributed by atoms with Crippen LogP contribution in [0.25, 0.3) is 0 Å². The molecule has 0 aliphatic carbocycles. The molecule has 3 rings (SSSR count). The Balaban J connectivity index is 1.50. The molecule has 29 heavy (non-hydrogen) atoms. The van der Waals surface area contributed by atoms with Crippen molar-refractivity contribution in [3.05, 3.63) is 53.1 Å². The minimum atomic E-state index is -0.698. The van der Waals surface area contributed by atoms with Gasteiger partial charge in [0.05, 0.1) is 18.9 Å². The van der Waals surface area contributed by atoms with Crippen LogP contribution in [-0.4, -0.2) is 70.6 Å². The van der Waals surface area contributed by atoms with Gasteiger partial charge in [-0.3, -0.25) is 9.88 Å². The Kier molecular flexibility index (Phi) is 7.38. The fourth-order valence-corrected chi connectivity index (χ4v) is 3.55. The van der Waals surface area contributed by atoms with Gasteiger partial charge in [-0.15, -0.1) is 0 Å². The van der Waals surface area contributed by atoms with Gasteiger partial charge in [-0.2, -0.15) is 0 Å². The summed E-state index contributed by atoms with van der Waals surface area (Å²) in [6, 6.07) is 6.49. The van der Waals surface area contributed by atoms with E-state index in [2.05, 4.69) is 14.8 Å². The average molecular weight is 405 g/mol. The van der Waals surface area contributed by atoms with E-state index >= 15 is 0 Å². The number of aromatic nitrogens is 1. The number of anilines is 1. The van der Waals surface area contributed by atoms with Crippen molar-refractivity contribution in [2.45, 2.75) is 26.2 Å². The van der Waals surface area contributed by atoms with Crippen LogP contribution >= 0.6 is 0 Å². The first-order valence-electron chi connectivity index (χ1n) is 9.74. The van der Waals surface area contributed by atoms with Crippen molar-refractivity contribution in [3.63, 3.8) is 0 Å². The zero-order valence-corrected chi connectivity index (χ0v) is 16.6. The van der Waals surface area contributed by atoms with Crippen LogP contribution in [0, 0.1) is 12.7 Å². The van der Waals surface area contributed by atoms with E-state index in [-0.39, 0.29) is 25.6 Å². The highest BCUT2D eigenvalue weighted by molar-refractivity contribution is 5.46. The lowest BCUT2D eigenvalue weighted by Gasteiger charge is -2.36. The van der Waals surface area contributed by atoms with Gasteiger partial charge in [0.2, 0.25) is 0 Å². The van der Waals surface area contributed by atoms with E-state index in [0.717, 1.165) is 31.9 Å². The van der Waals surface area contributed by atoms with Crippen LogP contribution < -0.4 is 9.64 Å². The molecular formula is C21H28FN3O4. The van der Waals surface area contributed by atoms with E-state index in [1.165, 1.54) is 18.3 Å². The normalized spacial score (nSPS) is 16.1. The predicted octanol–water partition coefficient (Wildman–Crippen LogP) is 1.08. The Bertz CT molecular complexity index is 795. The number of piperazine rings is 1. The molecule has 1 aromatic carbocycles. The number of benzene rings is 1. The molecule has 0 saturated carbocycles. The number of aliphatic hydroxyl groups excluding tert-OH is 3. The highest BCUT2D eigenvalue weighted by atomic mass is 19.1. The van der Waals surface area contributed by atoms with Crippen LogP contribution in [0.4, 0.5) is 10.1 Å². The minimum Gasteiger partial charge on any atom is -0.489 e. The van der Waals surface area contributed by atoms with Crippen LogP contribution in [0.15, 0.2) is 30.5 Å². The lowest BCUT2D eigenvalue weighted by molar-refractivity contribution is 0.0649. The number of hydrogen-bond acceptors (Lipinski definition) is 7. The predicted molar refractivity (Wildman–Crippen MR) is 107 cm³/mol. The topological polar surface area (TPSA) is 89.3 Å². The van der Waals surface area contributed by atoms with Gasteiger partial charge in [0.1, 0.15) is 24.3 Å². The van der Waals surface area contributed by atoms with E-state index in [1.807, 2.05) is 0 Å². The van der Waals surface area contributed by atoms with Gasteiger partial charge in [0, 0.05) is 55.7 Å². The minimum absolute atomic E-state index is 0.0720. The van der Waals surface area contributed by atoms with Crippen molar-refractivity contribution >= 4 is 5.69 Å².